The Hall–Kier alpha value is -3.55. The molecule has 2 atom stereocenters. The molecule has 178 valence electrons. The number of hydrogen-bond acceptors (Lipinski definition) is 10. The van der Waals surface area contributed by atoms with Crippen LogP contribution in [-0.4, -0.2) is 44.7 Å². The molecule has 9 nitrogen and oxygen atoms in total. The van der Waals surface area contributed by atoms with E-state index in [2.05, 4.69) is 29.6 Å². The summed E-state index contributed by atoms with van der Waals surface area (Å²) < 4.78 is 39.9. The number of halogens is 2. The first-order valence-corrected chi connectivity index (χ1v) is 12.0. The van der Waals surface area contributed by atoms with E-state index in [1.165, 1.54) is 41.6 Å². The Labute approximate surface area is 206 Å². The highest BCUT2D eigenvalue weighted by molar-refractivity contribution is 8.01. The fourth-order valence-electron chi connectivity index (χ4n) is 3.52. The SMILES string of the molecule is C[C@@H](Sc1nc(-c2ccc(-c3nnco3)cc2)ns1)[C@](O)(Cn1cncn1)c1ccc(F)cc1F. The largest absolute Gasteiger partial charge is 0.423 e. The van der Waals surface area contributed by atoms with Gasteiger partial charge in [-0.3, -0.25) is 0 Å². The van der Waals surface area contributed by atoms with Crippen molar-refractivity contribution in [3.8, 4) is 22.8 Å². The second-order valence-corrected chi connectivity index (χ2v) is 9.95. The van der Waals surface area contributed by atoms with Crippen LogP contribution in [0.4, 0.5) is 8.78 Å². The summed E-state index contributed by atoms with van der Waals surface area (Å²) in [6, 6.07) is 10.4. The summed E-state index contributed by atoms with van der Waals surface area (Å²) in [6.45, 7) is 1.65. The molecule has 0 bridgehead atoms. The molecule has 3 aromatic heterocycles. The van der Waals surface area contributed by atoms with Crippen LogP contribution in [0.25, 0.3) is 22.8 Å². The van der Waals surface area contributed by atoms with Gasteiger partial charge in [0.05, 0.1) is 6.54 Å². The standard InChI is InChI=1S/C22H17F2N7O2S2/c1-13(22(32,9-31-11-25-10-27-31)17-7-6-16(23)8-18(17)24)34-21-28-19(30-35-21)14-2-4-15(5-3-14)20-29-26-12-33-20/h2-8,10-13,32H,9H2,1H3/t13-,22-/m1/s1. The van der Waals surface area contributed by atoms with Gasteiger partial charge in [-0.15, -0.1) is 10.2 Å². The maximum Gasteiger partial charge on any atom is 0.247 e. The zero-order valence-corrected chi connectivity index (χ0v) is 19.7. The highest BCUT2D eigenvalue weighted by Gasteiger charge is 2.40. The molecule has 1 N–H and O–H groups in total. The van der Waals surface area contributed by atoms with Crippen LogP contribution in [0.1, 0.15) is 12.5 Å². The summed E-state index contributed by atoms with van der Waals surface area (Å²) in [6.07, 6.45) is 4.00. The molecule has 0 spiro atoms. The second kappa shape index (κ2) is 9.60. The van der Waals surface area contributed by atoms with Gasteiger partial charge in [-0.2, -0.15) is 9.47 Å². The molecule has 0 amide bonds. The predicted octanol–water partition coefficient (Wildman–Crippen LogP) is 4.19. The fourth-order valence-corrected chi connectivity index (χ4v) is 5.51. The molecule has 0 aliphatic carbocycles. The minimum absolute atomic E-state index is 0.0456. The second-order valence-electron chi connectivity index (χ2n) is 7.61. The van der Waals surface area contributed by atoms with Crippen LogP contribution in [0.15, 0.2) is 70.3 Å². The van der Waals surface area contributed by atoms with Crippen LogP contribution in [-0.2, 0) is 12.1 Å². The molecule has 0 saturated carbocycles. The van der Waals surface area contributed by atoms with Gasteiger partial charge in [-0.05, 0) is 36.7 Å². The first-order valence-electron chi connectivity index (χ1n) is 10.3. The van der Waals surface area contributed by atoms with Crippen molar-refractivity contribution >= 4 is 23.3 Å². The zero-order chi connectivity index (χ0) is 24.4. The van der Waals surface area contributed by atoms with Crippen LogP contribution < -0.4 is 0 Å². The van der Waals surface area contributed by atoms with Gasteiger partial charge < -0.3 is 9.52 Å². The van der Waals surface area contributed by atoms with Crippen molar-refractivity contribution < 1.29 is 18.3 Å². The van der Waals surface area contributed by atoms with E-state index in [0.717, 1.165) is 34.8 Å². The molecule has 13 heteroatoms. The summed E-state index contributed by atoms with van der Waals surface area (Å²) in [5, 5.41) is 22.6. The van der Waals surface area contributed by atoms with E-state index in [1.807, 2.05) is 24.3 Å². The van der Waals surface area contributed by atoms with Gasteiger partial charge in [0.1, 0.15) is 29.9 Å². The number of hydrogen-bond donors (Lipinski definition) is 1. The smallest absolute Gasteiger partial charge is 0.247 e. The molecular weight excluding hydrogens is 496 g/mol. The highest BCUT2D eigenvalue weighted by Crippen LogP contribution is 2.40. The van der Waals surface area contributed by atoms with E-state index in [1.54, 1.807) is 6.92 Å². The topological polar surface area (TPSA) is 116 Å². The Morgan fingerprint density at radius 2 is 1.97 bits per heavy atom. The number of thioether (sulfide) groups is 1. The van der Waals surface area contributed by atoms with Crippen molar-refractivity contribution in [2.45, 2.75) is 28.7 Å². The number of aromatic nitrogens is 7. The third-order valence-electron chi connectivity index (χ3n) is 5.37. The molecule has 0 fully saturated rings. The van der Waals surface area contributed by atoms with E-state index < -0.39 is 22.5 Å². The summed E-state index contributed by atoms with van der Waals surface area (Å²) in [5.74, 6) is -0.657. The van der Waals surface area contributed by atoms with Crippen LogP contribution in [0.3, 0.4) is 0 Å². The van der Waals surface area contributed by atoms with Gasteiger partial charge in [-0.25, -0.2) is 23.4 Å². The average molecular weight is 514 g/mol. The lowest BCUT2D eigenvalue weighted by molar-refractivity contribution is 0.0133. The molecule has 35 heavy (non-hydrogen) atoms. The Balaban J connectivity index is 1.39. The number of nitrogens with zero attached hydrogens (tertiary/aromatic N) is 7. The lowest BCUT2D eigenvalue weighted by Gasteiger charge is -2.33. The number of aliphatic hydroxyl groups is 1. The first kappa shape index (κ1) is 23.2. The van der Waals surface area contributed by atoms with Gasteiger partial charge in [0.15, 0.2) is 10.2 Å². The normalized spacial score (nSPS) is 14.1. The number of benzene rings is 2. The molecule has 2 aromatic carbocycles. The molecular formula is C22H17F2N7O2S2. The quantitative estimate of drug-likeness (QED) is 0.305. The third kappa shape index (κ3) is 4.83. The lowest BCUT2D eigenvalue weighted by atomic mass is 9.90. The summed E-state index contributed by atoms with van der Waals surface area (Å²) in [7, 11) is 0. The minimum atomic E-state index is -1.74. The van der Waals surface area contributed by atoms with Gasteiger partial charge in [-0.1, -0.05) is 30.0 Å². The van der Waals surface area contributed by atoms with Crippen LogP contribution >= 0.6 is 23.3 Å². The zero-order valence-electron chi connectivity index (χ0n) is 18.1. The van der Waals surface area contributed by atoms with Crippen molar-refractivity contribution in [3.05, 3.63) is 78.7 Å². The Kier molecular flexibility index (Phi) is 6.36. The van der Waals surface area contributed by atoms with Crippen LogP contribution in [0.5, 0.6) is 0 Å². The molecule has 0 unspecified atom stereocenters. The monoisotopic (exact) mass is 513 g/mol. The molecule has 0 saturated heterocycles. The van der Waals surface area contributed by atoms with Gasteiger partial charge in [0.25, 0.3) is 0 Å². The van der Waals surface area contributed by atoms with E-state index in [-0.39, 0.29) is 12.1 Å². The summed E-state index contributed by atoms with van der Waals surface area (Å²) >= 11 is 2.40. The Morgan fingerprint density at radius 3 is 2.66 bits per heavy atom. The van der Waals surface area contributed by atoms with E-state index >= 15 is 0 Å². The first-order chi connectivity index (χ1) is 16.9. The molecule has 0 aliphatic rings. The lowest BCUT2D eigenvalue weighted by Crippen LogP contribution is -2.41. The molecule has 3 heterocycles. The average Bonchev–Trinajstić information content (AvgIpc) is 3.62. The van der Waals surface area contributed by atoms with E-state index in [0.29, 0.717) is 16.1 Å². The van der Waals surface area contributed by atoms with Gasteiger partial charge >= 0.3 is 0 Å². The Morgan fingerprint density at radius 1 is 1.17 bits per heavy atom. The van der Waals surface area contributed by atoms with Crippen molar-refractivity contribution in [2.75, 3.05) is 0 Å². The van der Waals surface area contributed by atoms with Gasteiger partial charge in [0.2, 0.25) is 12.3 Å². The summed E-state index contributed by atoms with van der Waals surface area (Å²) in [4.78, 5) is 8.46. The Bertz CT molecular complexity index is 1410. The predicted molar refractivity (Wildman–Crippen MR) is 124 cm³/mol. The fraction of sp³-hybridized carbons (Fsp3) is 0.182. The minimum Gasteiger partial charge on any atom is -0.423 e. The maximum atomic E-state index is 14.7. The molecule has 5 aromatic rings. The third-order valence-corrected chi connectivity index (χ3v) is 7.44. The van der Waals surface area contributed by atoms with Gasteiger partial charge in [0, 0.05) is 28.0 Å². The van der Waals surface area contributed by atoms with E-state index in [4.69, 9.17) is 4.42 Å². The maximum absolute atomic E-state index is 14.7. The van der Waals surface area contributed by atoms with Crippen molar-refractivity contribution in [2.24, 2.45) is 0 Å². The number of rotatable bonds is 8. The van der Waals surface area contributed by atoms with Crippen LogP contribution in [0, 0.1) is 11.6 Å². The van der Waals surface area contributed by atoms with Crippen molar-refractivity contribution in [1.29, 1.82) is 0 Å². The van der Waals surface area contributed by atoms with E-state index in [9.17, 15) is 13.9 Å². The van der Waals surface area contributed by atoms with Crippen molar-refractivity contribution in [1.82, 2.24) is 34.3 Å². The molecule has 0 aliphatic heterocycles. The molecule has 5 rings (SSSR count). The highest BCUT2D eigenvalue weighted by atomic mass is 32.2. The van der Waals surface area contributed by atoms with Crippen LogP contribution in [0.2, 0.25) is 0 Å². The summed E-state index contributed by atoms with van der Waals surface area (Å²) in [5.41, 5.74) is -0.236. The molecule has 0 radical (unpaired) electrons. The van der Waals surface area contributed by atoms with Crippen molar-refractivity contribution in [3.63, 3.8) is 0 Å².